The van der Waals surface area contributed by atoms with Gasteiger partial charge in [-0.15, -0.1) is 0 Å². The molecule has 0 radical (unpaired) electrons. The minimum absolute atomic E-state index is 0.125. The van der Waals surface area contributed by atoms with Gasteiger partial charge in [-0.2, -0.15) is 5.10 Å². The van der Waals surface area contributed by atoms with Crippen LogP contribution in [0.1, 0.15) is 26.5 Å². The van der Waals surface area contributed by atoms with E-state index in [1.807, 2.05) is 0 Å². The van der Waals surface area contributed by atoms with E-state index in [2.05, 4.69) is 5.10 Å². The first-order valence-corrected chi connectivity index (χ1v) is 7.25. The lowest BCUT2D eigenvalue weighted by Crippen LogP contribution is -2.39. The van der Waals surface area contributed by atoms with Gasteiger partial charge in [0.05, 0.1) is 16.6 Å². The van der Waals surface area contributed by atoms with Crippen molar-refractivity contribution in [1.29, 1.82) is 0 Å². The molecule has 1 aromatic heterocycles. The highest BCUT2D eigenvalue weighted by Crippen LogP contribution is 2.24. The van der Waals surface area contributed by atoms with E-state index in [0.29, 0.717) is 29.7 Å². The maximum Gasteiger partial charge on any atom is 0.356 e. The van der Waals surface area contributed by atoms with E-state index in [1.54, 1.807) is 23.1 Å². The van der Waals surface area contributed by atoms with Gasteiger partial charge < -0.3 is 10.0 Å². The van der Waals surface area contributed by atoms with Crippen LogP contribution in [0.5, 0.6) is 0 Å². The summed E-state index contributed by atoms with van der Waals surface area (Å²) in [6.07, 6.45) is 0. The largest absolute Gasteiger partial charge is 0.476 e. The number of nitrogens with zero attached hydrogens (tertiary/aromatic N) is 3. The number of benzene rings is 1. The summed E-state index contributed by atoms with van der Waals surface area (Å²) in [4.78, 5) is 25.0. The Morgan fingerprint density at radius 3 is 2.68 bits per heavy atom. The molecular weight excluding hydrogens is 329 g/mol. The molecule has 0 aliphatic carbocycles. The van der Waals surface area contributed by atoms with Gasteiger partial charge in [0, 0.05) is 19.2 Å². The molecular formula is C14H11Cl2N3O3. The van der Waals surface area contributed by atoms with Crippen LogP contribution in [-0.2, 0) is 13.1 Å². The maximum absolute atomic E-state index is 12.4. The summed E-state index contributed by atoms with van der Waals surface area (Å²) in [5, 5.41) is 13.7. The lowest BCUT2D eigenvalue weighted by Gasteiger charge is -2.27. The second-order valence-electron chi connectivity index (χ2n) is 4.92. The number of fused-ring (bicyclic) bond motifs is 1. The lowest BCUT2D eigenvalue weighted by atomic mass is 10.2. The quantitative estimate of drug-likeness (QED) is 0.932. The molecule has 0 spiro atoms. The van der Waals surface area contributed by atoms with Gasteiger partial charge in [0.25, 0.3) is 5.91 Å². The number of carboxylic acid groups (broad SMARTS) is 1. The third-order valence-corrected chi connectivity index (χ3v) is 4.18. The van der Waals surface area contributed by atoms with Crippen LogP contribution in [0.15, 0.2) is 24.3 Å². The van der Waals surface area contributed by atoms with Crippen molar-refractivity contribution in [3.8, 4) is 0 Å². The smallest absolute Gasteiger partial charge is 0.356 e. The third-order valence-electron chi connectivity index (χ3n) is 3.44. The highest BCUT2D eigenvalue weighted by atomic mass is 35.5. The van der Waals surface area contributed by atoms with Crippen molar-refractivity contribution in [1.82, 2.24) is 14.7 Å². The van der Waals surface area contributed by atoms with Gasteiger partial charge in [-0.1, -0.05) is 29.3 Å². The molecule has 0 saturated carbocycles. The summed E-state index contributed by atoms with van der Waals surface area (Å²) in [6.45, 7) is 1.28. The van der Waals surface area contributed by atoms with Crippen LogP contribution in [0.4, 0.5) is 0 Å². The molecule has 1 N–H and O–H groups in total. The van der Waals surface area contributed by atoms with E-state index < -0.39 is 5.97 Å². The minimum atomic E-state index is -1.15. The molecule has 6 nitrogen and oxygen atoms in total. The Morgan fingerprint density at radius 1 is 1.23 bits per heavy atom. The molecule has 1 aromatic carbocycles. The van der Waals surface area contributed by atoms with E-state index in [4.69, 9.17) is 28.3 Å². The molecule has 114 valence electrons. The molecule has 0 fully saturated rings. The summed E-state index contributed by atoms with van der Waals surface area (Å²) in [6, 6.07) is 6.49. The Labute approximate surface area is 135 Å². The first-order valence-electron chi connectivity index (χ1n) is 6.50. The predicted molar refractivity (Wildman–Crippen MR) is 80.4 cm³/mol. The number of aromatic carboxylic acids is 1. The van der Waals surface area contributed by atoms with Gasteiger partial charge in [-0.05, 0) is 17.7 Å². The second kappa shape index (κ2) is 5.62. The summed E-state index contributed by atoms with van der Waals surface area (Å²) < 4.78 is 1.43. The zero-order chi connectivity index (χ0) is 15.9. The number of rotatable bonds is 3. The average molecular weight is 340 g/mol. The molecule has 2 heterocycles. The van der Waals surface area contributed by atoms with E-state index in [0.717, 1.165) is 5.56 Å². The molecule has 1 aliphatic heterocycles. The molecule has 2 aromatic rings. The Balaban J connectivity index is 1.83. The fourth-order valence-corrected chi connectivity index (χ4v) is 2.67. The number of hydrogen-bond acceptors (Lipinski definition) is 3. The number of halogens is 2. The van der Waals surface area contributed by atoms with Gasteiger partial charge >= 0.3 is 5.97 Å². The number of carbonyl (C=O) groups is 2. The second-order valence-corrected chi connectivity index (χ2v) is 5.73. The SMILES string of the molecule is O=C(O)c1cc2n(n1)CCN(Cc1ccc(Cl)c(Cl)c1)C2=O. The van der Waals surface area contributed by atoms with Crippen molar-refractivity contribution in [2.45, 2.75) is 13.1 Å². The monoisotopic (exact) mass is 339 g/mol. The number of carboxylic acids is 1. The van der Waals surface area contributed by atoms with Gasteiger partial charge in [-0.25, -0.2) is 4.79 Å². The van der Waals surface area contributed by atoms with Gasteiger partial charge in [-0.3, -0.25) is 9.48 Å². The van der Waals surface area contributed by atoms with Crippen molar-refractivity contribution in [2.75, 3.05) is 6.54 Å². The van der Waals surface area contributed by atoms with Crippen LogP contribution >= 0.6 is 23.2 Å². The predicted octanol–water partition coefficient (Wildman–Crippen LogP) is 2.54. The summed E-state index contributed by atoms with van der Waals surface area (Å²) >= 11 is 11.8. The molecule has 3 rings (SSSR count). The number of hydrogen-bond donors (Lipinski definition) is 1. The van der Waals surface area contributed by atoms with E-state index in [1.165, 1.54) is 10.7 Å². The molecule has 22 heavy (non-hydrogen) atoms. The minimum Gasteiger partial charge on any atom is -0.476 e. The number of aromatic nitrogens is 2. The van der Waals surface area contributed by atoms with E-state index in [9.17, 15) is 9.59 Å². The number of carbonyl (C=O) groups excluding carboxylic acids is 1. The maximum atomic E-state index is 12.4. The molecule has 1 aliphatic rings. The van der Waals surface area contributed by atoms with Crippen LogP contribution in [0.25, 0.3) is 0 Å². The molecule has 0 saturated heterocycles. The molecule has 0 bridgehead atoms. The summed E-state index contributed by atoms with van der Waals surface area (Å²) in [5.41, 5.74) is 1.01. The molecule has 8 heteroatoms. The molecule has 0 atom stereocenters. The van der Waals surface area contributed by atoms with Gasteiger partial charge in [0.1, 0.15) is 5.69 Å². The Morgan fingerprint density at radius 2 is 2.00 bits per heavy atom. The van der Waals surface area contributed by atoms with Crippen molar-refractivity contribution in [3.63, 3.8) is 0 Å². The fraction of sp³-hybridized carbons (Fsp3) is 0.214. The van der Waals surface area contributed by atoms with Crippen molar-refractivity contribution in [2.24, 2.45) is 0 Å². The molecule has 0 unspecified atom stereocenters. The number of amides is 1. The fourth-order valence-electron chi connectivity index (χ4n) is 2.35. The third kappa shape index (κ3) is 2.67. The highest BCUT2D eigenvalue weighted by molar-refractivity contribution is 6.42. The Hall–Kier alpha value is -2.05. The zero-order valence-electron chi connectivity index (χ0n) is 11.3. The van der Waals surface area contributed by atoms with Crippen molar-refractivity contribution < 1.29 is 14.7 Å². The van der Waals surface area contributed by atoms with Crippen LogP contribution in [0.2, 0.25) is 10.0 Å². The van der Waals surface area contributed by atoms with Crippen LogP contribution < -0.4 is 0 Å². The topological polar surface area (TPSA) is 75.4 Å². The summed E-state index contributed by atoms with van der Waals surface area (Å²) in [5.74, 6) is -1.40. The van der Waals surface area contributed by atoms with Gasteiger partial charge in [0.15, 0.2) is 5.69 Å². The first-order chi connectivity index (χ1) is 10.5. The van der Waals surface area contributed by atoms with E-state index >= 15 is 0 Å². The Kier molecular flexibility index (Phi) is 3.80. The lowest BCUT2D eigenvalue weighted by molar-refractivity contribution is 0.0671. The standard InChI is InChI=1S/C14H11Cl2N3O3/c15-9-2-1-8(5-10(9)16)7-18-3-4-19-12(13(18)20)6-11(17-19)14(21)22/h1-2,5-6H,3-4,7H2,(H,21,22). The van der Waals surface area contributed by atoms with Crippen LogP contribution in [0.3, 0.4) is 0 Å². The molecule has 1 amide bonds. The summed E-state index contributed by atoms with van der Waals surface area (Å²) in [7, 11) is 0. The highest BCUT2D eigenvalue weighted by Gasteiger charge is 2.27. The van der Waals surface area contributed by atoms with Crippen molar-refractivity contribution in [3.05, 3.63) is 51.3 Å². The first kappa shape index (κ1) is 14.9. The Bertz CT molecular complexity index is 773. The van der Waals surface area contributed by atoms with Gasteiger partial charge in [0.2, 0.25) is 0 Å². The zero-order valence-corrected chi connectivity index (χ0v) is 12.8. The van der Waals surface area contributed by atoms with Crippen LogP contribution in [0, 0.1) is 0 Å². The van der Waals surface area contributed by atoms with Crippen LogP contribution in [-0.4, -0.2) is 38.2 Å². The average Bonchev–Trinajstić information content (AvgIpc) is 2.91. The van der Waals surface area contributed by atoms with E-state index in [-0.39, 0.29) is 17.3 Å². The normalized spacial score (nSPS) is 14.1. The van der Waals surface area contributed by atoms with Crippen molar-refractivity contribution >= 4 is 35.1 Å².